The van der Waals surface area contributed by atoms with E-state index in [4.69, 9.17) is 0 Å². The molecule has 3 aromatic rings. The molecule has 0 aliphatic rings. The van der Waals surface area contributed by atoms with Crippen molar-refractivity contribution in [2.45, 2.75) is 19.8 Å². The van der Waals surface area contributed by atoms with Gasteiger partial charge in [-0.15, -0.1) is 0 Å². The van der Waals surface area contributed by atoms with Gasteiger partial charge in [0.15, 0.2) is 0 Å². The molecule has 0 saturated heterocycles. The van der Waals surface area contributed by atoms with Crippen LogP contribution in [-0.4, -0.2) is 9.97 Å². The lowest BCUT2D eigenvalue weighted by molar-refractivity contribution is 0.868. The van der Waals surface area contributed by atoms with E-state index in [0.29, 0.717) is 5.92 Å². The van der Waals surface area contributed by atoms with E-state index in [0.717, 1.165) is 26.5 Å². The summed E-state index contributed by atoms with van der Waals surface area (Å²) in [5, 5.41) is 0. The van der Waals surface area contributed by atoms with Crippen molar-refractivity contribution in [1.82, 2.24) is 9.97 Å². The molecule has 1 aromatic heterocycles. The van der Waals surface area contributed by atoms with Gasteiger partial charge in [0.25, 0.3) is 0 Å². The number of hydrogen-bond donors (Lipinski definition) is 0. The normalized spacial score (nSPS) is 11.6. The van der Waals surface area contributed by atoms with Crippen molar-refractivity contribution in [2.75, 3.05) is 0 Å². The van der Waals surface area contributed by atoms with Crippen molar-refractivity contribution >= 4 is 38.0 Å². The van der Waals surface area contributed by atoms with Crippen LogP contribution in [-0.2, 0) is 0 Å². The number of rotatable bonds is 1. The summed E-state index contributed by atoms with van der Waals surface area (Å²) in [6.07, 6.45) is 0. The van der Waals surface area contributed by atoms with Crippen LogP contribution in [0.15, 0.2) is 40.9 Å². The van der Waals surface area contributed by atoms with Crippen molar-refractivity contribution < 1.29 is 0 Å². The second kappa shape index (κ2) is 4.32. The first kappa shape index (κ1) is 11.6. The van der Waals surface area contributed by atoms with Crippen molar-refractivity contribution in [2.24, 2.45) is 0 Å². The van der Waals surface area contributed by atoms with Gasteiger partial charge in [-0.3, -0.25) is 0 Å². The molecule has 0 aliphatic heterocycles. The summed E-state index contributed by atoms with van der Waals surface area (Å²) < 4.78 is 1.03. The highest BCUT2D eigenvalue weighted by Crippen LogP contribution is 2.23. The maximum Gasteiger partial charge on any atom is 0.0905 e. The van der Waals surface area contributed by atoms with Gasteiger partial charge < -0.3 is 0 Å². The number of fused-ring (bicyclic) bond motifs is 2. The first-order valence-electron chi connectivity index (χ1n) is 6.00. The minimum atomic E-state index is 0.509. The molecule has 2 aromatic carbocycles. The minimum Gasteiger partial charge on any atom is -0.245 e. The zero-order chi connectivity index (χ0) is 12.7. The molecule has 0 N–H and O–H groups in total. The monoisotopic (exact) mass is 300 g/mol. The van der Waals surface area contributed by atoms with Crippen molar-refractivity contribution in [1.29, 1.82) is 0 Å². The highest BCUT2D eigenvalue weighted by Gasteiger charge is 2.05. The lowest BCUT2D eigenvalue weighted by Gasteiger charge is -2.07. The van der Waals surface area contributed by atoms with Crippen LogP contribution in [0.3, 0.4) is 0 Å². The first-order chi connectivity index (χ1) is 8.63. The molecular formula is C15H13BrN2. The van der Waals surface area contributed by atoms with Crippen LogP contribution in [0, 0.1) is 0 Å². The summed E-state index contributed by atoms with van der Waals surface area (Å²) in [5.74, 6) is 0.509. The average Bonchev–Trinajstić information content (AvgIpc) is 2.35. The Labute approximate surface area is 114 Å². The average molecular weight is 301 g/mol. The molecule has 0 radical (unpaired) electrons. The second-order valence-corrected chi connectivity index (χ2v) is 5.68. The Hall–Kier alpha value is -1.48. The standard InChI is InChI=1S/C15H13BrN2/c1-9(2)10-3-5-12-14(7-10)18-15-8-11(16)4-6-13(15)17-12/h3-9H,1-2H3. The van der Waals surface area contributed by atoms with Gasteiger partial charge in [-0.25, -0.2) is 9.97 Å². The molecule has 18 heavy (non-hydrogen) atoms. The molecule has 2 nitrogen and oxygen atoms in total. The number of halogens is 1. The van der Waals surface area contributed by atoms with E-state index in [1.54, 1.807) is 0 Å². The third-order valence-electron chi connectivity index (χ3n) is 3.09. The minimum absolute atomic E-state index is 0.509. The molecule has 3 heteroatoms. The van der Waals surface area contributed by atoms with Gasteiger partial charge in [0, 0.05) is 4.47 Å². The zero-order valence-electron chi connectivity index (χ0n) is 10.3. The number of aromatic nitrogens is 2. The lowest BCUT2D eigenvalue weighted by Crippen LogP contribution is -1.91. The van der Waals surface area contributed by atoms with Gasteiger partial charge >= 0.3 is 0 Å². The van der Waals surface area contributed by atoms with Gasteiger partial charge in [0.1, 0.15) is 0 Å². The van der Waals surface area contributed by atoms with Gasteiger partial charge in [-0.05, 0) is 41.8 Å². The maximum absolute atomic E-state index is 4.69. The summed E-state index contributed by atoms with van der Waals surface area (Å²) in [7, 11) is 0. The van der Waals surface area contributed by atoms with E-state index in [9.17, 15) is 0 Å². The molecule has 0 bridgehead atoms. The molecule has 0 aliphatic carbocycles. The van der Waals surface area contributed by atoms with Crippen LogP contribution in [0.25, 0.3) is 22.1 Å². The fourth-order valence-electron chi connectivity index (χ4n) is 2.02. The zero-order valence-corrected chi connectivity index (χ0v) is 11.9. The molecule has 3 rings (SSSR count). The van der Waals surface area contributed by atoms with Gasteiger partial charge in [-0.2, -0.15) is 0 Å². The third-order valence-corrected chi connectivity index (χ3v) is 3.58. The van der Waals surface area contributed by atoms with E-state index in [2.05, 4.69) is 57.9 Å². The molecule has 0 amide bonds. The summed E-state index contributed by atoms with van der Waals surface area (Å²) in [6, 6.07) is 12.3. The summed E-state index contributed by atoms with van der Waals surface area (Å²) in [6.45, 7) is 4.37. The third kappa shape index (κ3) is 1.99. The quantitative estimate of drug-likeness (QED) is 0.610. The van der Waals surface area contributed by atoms with Crippen LogP contribution < -0.4 is 0 Å². The largest absolute Gasteiger partial charge is 0.245 e. The van der Waals surface area contributed by atoms with Crippen molar-refractivity contribution in [3.63, 3.8) is 0 Å². The molecule has 0 fully saturated rings. The predicted octanol–water partition coefficient (Wildman–Crippen LogP) is 4.67. The fourth-order valence-corrected chi connectivity index (χ4v) is 2.37. The summed E-state index contributed by atoms with van der Waals surface area (Å²) >= 11 is 3.47. The van der Waals surface area contributed by atoms with Gasteiger partial charge in [-0.1, -0.05) is 35.8 Å². The summed E-state index contributed by atoms with van der Waals surface area (Å²) in [5.41, 5.74) is 5.08. The van der Waals surface area contributed by atoms with E-state index in [1.165, 1.54) is 5.56 Å². The van der Waals surface area contributed by atoms with Crippen molar-refractivity contribution in [3.05, 3.63) is 46.4 Å². The van der Waals surface area contributed by atoms with Crippen LogP contribution >= 0.6 is 15.9 Å². The highest BCUT2D eigenvalue weighted by atomic mass is 79.9. The van der Waals surface area contributed by atoms with Gasteiger partial charge in [0.05, 0.1) is 22.1 Å². The number of nitrogens with zero attached hydrogens (tertiary/aromatic N) is 2. The Balaban J connectivity index is 2.31. The number of benzene rings is 2. The van der Waals surface area contributed by atoms with Crippen LogP contribution in [0.4, 0.5) is 0 Å². The maximum atomic E-state index is 4.69. The predicted molar refractivity (Wildman–Crippen MR) is 78.8 cm³/mol. The molecule has 1 heterocycles. The van der Waals surface area contributed by atoms with Gasteiger partial charge in [0.2, 0.25) is 0 Å². The molecule has 0 unspecified atom stereocenters. The van der Waals surface area contributed by atoms with E-state index in [-0.39, 0.29) is 0 Å². The van der Waals surface area contributed by atoms with E-state index >= 15 is 0 Å². The second-order valence-electron chi connectivity index (χ2n) is 4.76. The summed E-state index contributed by atoms with van der Waals surface area (Å²) in [4.78, 5) is 9.32. The molecule has 0 saturated carbocycles. The Morgan fingerprint density at radius 3 is 2.17 bits per heavy atom. The first-order valence-corrected chi connectivity index (χ1v) is 6.80. The molecule has 0 spiro atoms. The molecule has 90 valence electrons. The fraction of sp³-hybridized carbons (Fsp3) is 0.200. The SMILES string of the molecule is CC(C)c1ccc2nc3ccc(Br)cc3nc2c1. The molecule has 0 atom stereocenters. The Kier molecular flexibility index (Phi) is 2.78. The lowest BCUT2D eigenvalue weighted by atomic mass is 10.0. The van der Waals surface area contributed by atoms with E-state index < -0.39 is 0 Å². The Morgan fingerprint density at radius 2 is 1.44 bits per heavy atom. The van der Waals surface area contributed by atoms with Crippen LogP contribution in [0.5, 0.6) is 0 Å². The Bertz CT molecular complexity index is 735. The van der Waals surface area contributed by atoms with Crippen molar-refractivity contribution in [3.8, 4) is 0 Å². The topological polar surface area (TPSA) is 25.8 Å². The van der Waals surface area contributed by atoms with Crippen LogP contribution in [0.2, 0.25) is 0 Å². The smallest absolute Gasteiger partial charge is 0.0905 e. The highest BCUT2D eigenvalue weighted by molar-refractivity contribution is 9.10. The number of hydrogen-bond acceptors (Lipinski definition) is 2. The van der Waals surface area contributed by atoms with Crippen LogP contribution in [0.1, 0.15) is 25.3 Å². The Morgan fingerprint density at radius 1 is 0.833 bits per heavy atom. The van der Waals surface area contributed by atoms with E-state index in [1.807, 2.05) is 18.2 Å². The molecular weight excluding hydrogens is 288 g/mol.